The first-order chi connectivity index (χ1) is 21.7. The lowest BCUT2D eigenvalue weighted by Gasteiger charge is -2.16. The number of sulfone groups is 1. The van der Waals surface area contributed by atoms with E-state index in [4.69, 9.17) is 9.84 Å². The van der Waals surface area contributed by atoms with Crippen molar-refractivity contribution >= 4 is 67.9 Å². The van der Waals surface area contributed by atoms with E-state index in [0.29, 0.717) is 12.1 Å². The number of aliphatic hydroxyl groups is 1. The van der Waals surface area contributed by atoms with Crippen LogP contribution in [0.15, 0.2) is 84.4 Å². The van der Waals surface area contributed by atoms with Crippen LogP contribution in [0.2, 0.25) is 0 Å². The first-order valence-corrected chi connectivity index (χ1v) is 19.0. The Morgan fingerprint density at radius 1 is 0.787 bits per heavy atom. The van der Waals surface area contributed by atoms with Gasteiger partial charge in [0.25, 0.3) is 30.3 Å². The van der Waals surface area contributed by atoms with Crippen LogP contribution in [-0.2, 0) is 40.1 Å². The summed E-state index contributed by atoms with van der Waals surface area (Å²) in [6.07, 6.45) is 0. The Morgan fingerprint density at radius 3 is 1.98 bits per heavy atom. The third-order valence-corrected chi connectivity index (χ3v) is 11.6. The summed E-state index contributed by atoms with van der Waals surface area (Å²) in [4.78, 5) is -2.45. The number of fused-ring (bicyclic) bond motifs is 1. The summed E-state index contributed by atoms with van der Waals surface area (Å²) in [7, 11) is -17.5. The lowest BCUT2D eigenvalue weighted by molar-refractivity contribution is 0.319. The zero-order valence-corrected chi connectivity index (χ0v) is 27.9. The molecule has 0 saturated carbocycles. The first-order valence-electron chi connectivity index (χ1n) is 13.0. The number of ether oxygens (including phenoxy) is 1. The van der Waals surface area contributed by atoms with E-state index in [-0.39, 0.29) is 26.8 Å². The molecule has 16 nitrogen and oxygen atoms in total. The lowest BCUT2D eigenvalue weighted by atomic mass is 10.1. The fraction of sp³-hybridized carbons (Fsp3) is 0.185. The summed E-state index contributed by atoms with van der Waals surface area (Å²) >= 11 is 0. The van der Waals surface area contributed by atoms with Crippen molar-refractivity contribution in [3.63, 3.8) is 0 Å². The molecule has 0 radical (unpaired) electrons. The quantitative estimate of drug-likeness (QED) is 0.109. The van der Waals surface area contributed by atoms with Crippen LogP contribution in [0.5, 0.6) is 11.5 Å². The van der Waals surface area contributed by atoms with Crippen molar-refractivity contribution in [2.45, 2.75) is 33.4 Å². The number of nitrogens with one attached hydrogen (secondary N) is 1. The normalized spacial score (nSPS) is 12.9. The van der Waals surface area contributed by atoms with Gasteiger partial charge in [0.05, 0.1) is 45.2 Å². The largest absolute Gasteiger partial charge is 0.505 e. The Bertz CT molecular complexity index is 2370. The summed E-state index contributed by atoms with van der Waals surface area (Å²) < 4.78 is 128. The smallest absolute Gasteiger partial charge is 0.296 e. The number of azo groups is 1. The molecule has 0 aromatic heterocycles. The minimum Gasteiger partial charge on any atom is -0.505 e. The number of aliphatic hydroxyl groups excluding tert-OH is 1. The van der Waals surface area contributed by atoms with Gasteiger partial charge in [-0.1, -0.05) is 17.7 Å². The number of benzene rings is 4. The van der Waals surface area contributed by atoms with Gasteiger partial charge < -0.3 is 14.9 Å². The van der Waals surface area contributed by atoms with Crippen molar-refractivity contribution in [2.24, 2.45) is 10.2 Å². The number of sulfonamides is 1. The van der Waals surface area contributed by atoms with Gasteiger partial charge in [0.1, 0.15) is 22.0 Å². The van der Waals surface area contributed by atoms with Crippen LogP contribution >= 0.6 is 0 Å². The predicted molar refractivity (Wildman–Crippen MR) is 168 cm³/mol. The summed E-state index contributed by atoms with van der Waals surface area (Å²) in [5.74, 6) is -1.84. The van der Waals surface area contributed by atoms with E-state index in [1.165, 1.54) is 44.4 Å². The van der Waals surface area contributed by atoms with Crippen LogP contribution in [0.3, 0.4) is 0 Å². The SMILES string of the molecule is COc1cc(S(=O)(=O)CCO)c(C)cc1N=Nc1c(S(=O)(=O)O)cc2cc(S(=O)(=O)O)cc(NS(=O)(=O)c3ccc(C)cc3)c2c1O. The molecule has 0 amide bonds. The average molecular weight is 730 g/mol. The van der Waals surface area contributed by atoms with Gasteiger partial charge in [-0.3, -0.25) is 13.8 Å². The standard InChI is InChI=1S/C27H27N3O13S4/c1-15-4-6-18(7-5-15)45(35,36)30-21-13-19(46(37,38)39)11-17-12-24(47(40,41)42)26(27(32)25(17)21)29-28-20-10-16(2)23(14-22(20)43-3)44(33,34)9-8-31/h4-7,10-14,30-32H,8-9H2,1-3H3,(H,37,38,39)(H,40,41,42). The van der Waals surface area contributed by atoms with E-state index in [0.717, 1.165) is 17.7 Å². The first kappa shape index (κ1) is 35.7. The molecule has 0 saturated heterocycles. The molecule has 0 atom stereocenters. The minimum atomic E-state index is -5.25. The fourth-order valence-corrected chi connectivity index (χ4v) is 8.03. The van der Waals surface area contributed by atoms with E-state index in [2.05, 4.69) is 15.0 Å². The van der Waals surface area contributed by atoms with Gasteiger partial charge in [-0.25, -0.2) is 16.8 Å². The number of phenols is 1. The van der Waals surface area contributed by atoms with E-state index < -0.39 is 90.1 Å². The molecule has 4 aromatic rings. The van der Waals surface area contributed by atoms with Gasteiger partial charge in [-0.15, -0.1) is 10.2 Å². The maximum absolute atomic E-state index is 13.2. The summed E-state index contributed by atoms with van der Waals surface area (Å²) in [6.45, 7) is 2.46. The number of aryl methyl sites for hydroxylation is 2. The van der Waals surface area contributed by atoms with Crippen molar-refractivity contribution in [2.75, 3.05) is 24.2 Å². The zero-order chi connectivity index (χ0) is 35.1. The fourth-order valence-electron chi connectivity index (χ4n) is 4.47. The van der Waals surface area contributed by atoms with Crippen LogP contribution in [0.4, 0.5) is 17.1 Å². The van der Waals surface area contributed by atoms with Crippen molar-refractivity contribution < 1.29 is 57.7 Å². The van der Waals surface area contributed by atoms with Crippen molar-refractivity contribution in [1.29, 1.82) is 0 Å². The number of methoxy groups -OCH3 is 1. The predicted octanol–water partition coefficient (Wildman–Crippen LogP) is 3.65. The molecule has 0 unspecified atom stereocenters. The van der Waals surface area contributed by atoms with E-state index in [1.54, 1.807) is 6.92 Å². The number of aromatic hydroxyl groups is 1. The summed E-state index contributed by atoms with van der Waals surface area (Å²) in [5.41, 5.74) is -0.862. The number of nitrogens with zero attached hydrogens (tertiary/aromatic N) is 2. The Hall–Kier alpha value is -4.18. The molecule has 5 N–H and O–H groups in total. The molecule has 47 heavy (non-hydrogen) atoms. The molecule has 4 aromatic carbocycles. The molecule has 0 bridgehead atoms. The second kappa shape index (κ2) is 12.8. The molecule has 0 aliphatic carbocycles. The highest BCUT2D eigenvalue weighted by atomic mass is 32.2. The van der Waals surface area contributed by atoms with Gasteiger partial charge in [-0.2, -0.15) is 16.8 Å². The molecule has 252 valence electrons. The van der Waals surface area contributed by atoms with Gasteiger partial charge >= 0.3 is 0 Å². The number of hydrogen-bond donors (Lipinski definition) is 5. The Labute approximate surface area is 269 Å². The summed E-state index contributed by atoms with van der Waals surface area (Å²) in [5, 5.41) is 27.1. The van der Waals surface area contributed by atoms with E-state index >= 15 is 0 Å². The van der Waals surface area contributed by atoms with Crippen LogP contribution in [0.1, 0.15) is 11.1 Å². The molecule has 0 aliphatic rings. The Kier molecular flexibility index (Phi) is 9.70. The molecule has 20 heteroatoms. The number of phenolic OH excluding ortho intramolecular Hbond substituents is 1. The molecular weight excluding hydrogens is 703 g/mol. The van der Waals surface area contributed by atoms with E-state index in [1.807, 2.05) is 0 Å². The van der Waals surface area contributed by atoms with Gasteiger partial charge in [0.15, 0.2) is 15.6 Å². The maximum atomic E-state index is 13.2. The molecule has 0 fully saturated rings. The van der Waals surface area contributed by atoms with Crippen LogP contribution < -0.4 is 9.46 Å². The van der Waals surface area contributed by atoms with Crippen molar-refractivity contribution in [3.8, 4) is 11.5 Å². The van der Waals surface area contributed by atoms with Gasteiger partial charge in [0, 0.05) is 6.07 Å². The number of anilines is 1. The number of hydrogen-bond acceptors (Lipinski definition) is 13. The van der Waals surface area contributed by atoms with Crippen molar-refractivity contribution in [3.05, 3.63) is 65.7 Å². The summed E-state index contributed by atoms with van der Waals surface area (Å²) in [6, 6.07) is 9.84. The second-order valence-electron chi connectivity index (χ2n) is 10.0. The molecule has 0 heterocycles. The highest BCUT2D eigenvalue weighted by Gasteiger charge is 2.27. The topological polar surface area (TPSA) is 263 Å². The van der Waals surface area contributed by atoms with Crippen molar-refractivity contribution in [1.82, 2.24) is 0 Å². The highest BCUT2D eigenvalue weighted by molar-refractivity contribution is 7.92. The van der Waals surface area contributed by atoms with Crippen LogP contribution in [-0.4, -0.2) is 72.5 Å². The van der Waals surface area contributed by atoms with Crippen LogP contribution in [0.25, 0.3) is 10.8 Å². The van der Waals surface area contributed by atoms with E-state index in [9.17, 15) is 47.9 Å². The van der Waals surface area contributed by atoms with Gasteiger partial charge in [-0.05, 0) is 61.2 Å². The molecule has 0 aliphatic heterocycles. The molecular formula is C27H27N3O13S4. The second-order valence-corrected chi connectivity index (χ2v) is 16.6. The third kappa shape index (κ3) is 7.53. The van der Waals surface area contributed by atoms with Gasteiger partial charge in [0.2, 0.25) is 0 Å². The minimum absolute atomic E-state index is 0.136. The maximum Gasteiger partial charge on any atom is 0.296 e. The Morgan fingerprint density at radius 2 is 1.43 bits per heavy atom. The zero-order valence-electron chi connectivity index (χ0n) is 24.6. The molecule has 4 rings (SSSR count). The monoisotopic (exact) mass is 729 g/mol. The molecule has 0 spiro atoms. The lowest BCUT2D eigenvalue weighted by Crippen LogP contribution is -2.14. The third-order valence-electron chi connectivity index (χ3n) is 6.70. The number of rotatable bonds is 11. The Balaban J connectivity index is 2.01. The average Bonchev–Trinajstić information content (AvgIpc) is 2.95. The van der Waals surface area contributed by atoms with Crippen LogP contribution in [0, 0.1) is 13.8 Å². The highest BCUT2D eigenvalue weighted by Crippen LogP contribution is 2.46.